The van der Waals surface area contributed by atoms with Crippen LogP contribution in [0.25, 0.3) is 11.4 Å². The van der Waals surface area contributed by atoms with Crippen molar-refractivity contribution in [3.8, 4) is 22.9 Å². The summed E-state index contributed by atoms with van der Waals surface area (Å²) in [5.74, 6) is 2.68. The quantitative estimate of drug-likeness (QED) is 0.750. The summed E-state index contributed by atoms with van der Waals surface area (Å²) in [4.78, 5) is 16.1. The van der Waals surface area contributed by atoms with Crippen LogP contribution in [0.15, 0.2) is 22.7 Å². The van der Waals surface area contributed by atoms with Crippen molar-refractivity contribution in [1.29, 1.82) is 0 Å². The van der Waals surface area contributed by atoms with Gasteiger partial charge in [0.1, 0.15) is 0 Å². The minimum atomic E-state index is -0.00785. The van der Waals surface area contributed by atoms with Crippen molar-refractivity contribution in [1.82, 2.24) is 15.5 Å². The molecule has 0 saturated carbocycles. The van der Waals surface area contributed by atoms with Crippen LogP contribution in [0.1, 0.15) is 32.6 Å². The molecule has 7 heteroatoms. The molecule has 1 N–H and O–H groups in total. The van der Waals surface area contributed by atoms with Crippen molar-refractivity contribution >= 4 is 5.91 Å². The van der Waals surface area contributed by atoms with Crippen molar-refractivity contribution in [2.45, 2.75) is 33.1 Å². The lowest BCUT2D eigenvalue weighted by Crippen LogP contribution is -2.25. The van der Waals surface area contributed by atoms with Gasteiger partial charge in [-0.25, -0.2) is 0 Å². The van der Waals surface area contributed by atoms with Crippen LogP contribution in [0.4, 0.5) is 0 Å². The van der Waals surface area contributed by atoms with Crippen molar-refractivity contribution < 1.29 is 18.8 Å². The van der Waals surface area contributed by atoms with Crippen molar-refractivity contribution in [2.24, 2.45) is 5.92 Å². The number of hydrogen-bond donors (Lipinski definition) is 1. The molecular weight excluding hydrogens is 322 g/mol. The van der Waals surface area contributed by atoms with E-state index in [1.807, 2.05) is 6.07 Å². The number of nitrogens with zero attached hydrogens (tertiary/aromatic N) is 2. The highest BCUT2D eigenvalue weighted by Crippen LogP contribution is 2.31. The first-order chi connectivity index (χ1) is 12.0. The van der Waals surface area contributed by atoms with Gasteiger partial charge in [-0.15, -0.1) is 0 Å². The third-order valence-electron chi connectivity index (χ3n) is 3.72. The standard InChI is InChI=1S/C18H25N3O4/c1-12(2)9-10-19-16(22)7-8-17-20-18(21-25-17)13-5-6-14(23-3)15(11-13)24-4/h5-6,11-12H,7-10H2,1-4H3,(H,19,22). The maximum atomic E-state index is 11.8. The lowest BCUT2D eigenvalue weighted by Gasteiger charge is -2.07. The molecule has 0 saturated heterocycles. The monoisotopic (exact) mass is 347 g/mol. The first kappa shape index (κ1) is 18.8. The Morgan fingerprint density at radius 3 is 2.68 bits per heavy atom. The highest BCUT2D eigenvalue weighted by Gasteiger charge is 2.13. The predicted molar refractivity (Wildman–Crippen MR) is 93.6 cm³/mol. The van der Waals surface area contributed by atoms with E-state index in [0.717, 1.165) is 12.0 Å². The highest BCUT2D eigenvalue weighted by molar-refractivity contribution is 5.76. The molecule has 0 aliphatic carbocycles. The number of amides is 1. The second-order valence-corrected chi connectivity index (χ2v) is 6.11. The van der Waals surface area contributed by atoms with Crippen LogP contribution >= 0.6 is 0 Å². The summed E-state index contributed by atoms with van der Waals surface area (Å²) in [6, 6.07) is 5.40. The average Bonchev–Trinajstić information content (AvgIpc) is 3.08. The fourth-order valence-corrected chi connectivity index (χ4v) is 2.26. The van der Waals surface area contributed by atoms with Crippen LogP contribution in [0.5, 0.6) is 11.5 Å². The predicted octanol–water partition coefficient (Wildman–Crippen LogP) is 2.85. The summed E-state index contributed by atoms with van der Waals surface area (Å²) in [7, 11) is 3.15. The van der Waals surface area contributed by atoms with Crippen LogP contribution in [0, 0.1) is 5.92 Å². The van der Waals surface area contributed by atoms with Crippen LogP contribution in [-0.2, 0) is 11.2 Å². The molecule has 7 nitrogen and oxygen atoms in total. The summed E-state index contributed by atoms with van der Waals surface area (Å²) in [6.07, 6.45) is 1.70. The van der Waals surface area contributed by atoms with Gasteiger partial charge >= 0.3 is 0 Å². The molecule has 1 aromatic carbocycles. The highest BCUT2D eigenvalue weighted by atomic mass is 16.5. The van der Waals surface area contributed by atoms with Gasteiger partial charge in [0.15, 0.2) is 11.5 Å². The Balaban J connectivity index is 1.93. The first-order valence-electron chi connectivity index (χ1n) is 8.35. The molecule has 2 aromatic rings. The smallest absolute Gasteiger partial charge is 0.227 e. The molecule has 0 unspecified atom stereocenters. The molecule has 0 spiro atoms. The van der Waals surface area contributed by atoms with Crippen LogP contribution < -0.4 is 14.8 Å². The van der Waals surface area contributed by atoms with E-state index >= 15 is 0 Å². The van der Waals surface area contributed by atoms with E-state index in [2.05, 4.69) is 29.3 Å². The Labute approximate surface area is 147 Å². The zero-order chi connectivity index (χ0) is 18.2. The van der Waals surface area contributed by atoms with E-state index < -0.39 is 0 Å². The summed E-state index contributed by atoms with van der Waals surface area (Å²) in [6.45, 7) is 4.94. The Bertz CT molecular complexity index is 697. The molecule has 0 aliphatic heterocycles. The lowest BCUT2D eigenvalue weighted by molar-refractivity contribution is -0.121. The number of aromatic nitrogens is 2. The molecular formula is C18H25N3O4. The molecule has 0 aliphatic rings. The molecule has 0 bridgehead atoms. The van der Waals surface area contributed by atoms with Crippen LogP contribution in [0.3, 0.4) is 0 Å². The topological polar surface area (TPSA) is 86.5 Å². The third-order valence-corrected chi connectivity index (χ3v) is 3.72. The number of benzene rings is 1. The van der Waals surface area contributed by atoms with Crippen LogP contribution in [-0.4, -0.2) is 36.8 Å². The van der Waals surface area contributed by atoms with Crippen LogP contribution in [0.2, 0.25) is 0 Å². The van der Waals surface area contributed by atoms with Crippen molar-refractivity contribution in [2.75, 3.05) is 20.8 Å². The van der Waals surface area contributed by atoms with Crippen molar-refractivity contribution in [3.05, 3.63) is 24.1 Å². The van der Waals surface area contributed by atoms with E-state index in [0.29, 0.717) is 48.5 Å². The van der Waals surface area contributed by atoms with Gasteiger partial charge in [0.05, 0.1) is 14.2 Å². The molecule has 1 heterocycles. The van der Waals surface area contributed by atoms with E-state index in [9.17, 15) is 4.79 Å². The summed E-state index contributed by atoms with van der Waals surface area (Å²) < 4.78 is 15.7. The Kier molecular flexibility index (Phi) is 6.80. The fraction of sp³-hybridized carbons (Fsp3) is 0.500. The zero-order valence-corrected chi connectivity index (χ0v) is 15.2. The minimum absolute atomic E-state index is 0.00785. The fourth-order valence-electron chi connectivity index (χ4n) is 2.26. The average molecular weight is 347 g/mol. The molecule has 1 amide bonds. The van der Waals surface area contributed by atoms with Gasteiger partial charge in [0, 0.05) is 24.9 Å². The Morgan fingerprint density at radius 2 is 2.00 bits per heavy atom. The minimum Gasteiger partial charge on any atom is -0.493 e. The molecule has 2 rings (SSSR count). The van der Waals surface area contributed by atoms with Gasteiger partial charge in [-0.05, 0) is 30.5 Å². The van der Waals surface area contributed by atoms with Gasteiger partial charge in [0.2, 0.25) is 17.6 Å². The van der Waals surface area contributed by atoms with Gasteiger partial charge in [-0.1, -0.05) is 19.0 Å². The van der Waals surface area contributed by atoms with Gasteiger partial charge in [-0.2, -0.15) is 4.98 Å². The number of nitrogens with one attached hydrogen (secondary N) is 1. The number of aryl methyl sites for hydroxylation is 1. The number of hydrogen-bond acceptors (Lipinski definition) is 6. The maximum Gasteiger partial charge on any atom is 0.227 e. The largest absolute Gasteiger partial charge is 0.493 e. The van der Waals surface area contributed by atoms with E-state index in [1.54, 1.807) is 26.4 Å². The molecule has 0 atom stereocenters. The lowest BCUT2D eigenvalue weighted by atomic mass is 10.1. The second kappa shape index (κ2) is 9.05. The maximum absolute atomic E-state index is 11.8. The summed E-state index contributed by atoms with van der Waals surface area (Å²) >= 11 is 0. The summed E-state index contributed by atoms with van der Waals surface area (Å²) in [5, 5.41) is 6.86. The van der Waals surface area contributed by atoms with Gasteiger partial charge in [-0.3, -0.25) is 4.79 Å². The van der Waals surface area contributed by atoms with Gasteiger partial charge in [0.25, 0.3) is 0 Å². The molecule has 0 fully saturated rings. The number of rotatable bonds is 9. The van der Waals surface area contributed by atoms with Gasteiger partial charge < -0.3 is 19.3 Å². The number of carbonyl (C=O) groups is 1. The zero-order valence-electron chi connectivity index (χ0n) is 15.2. The molecule has 136 valence electrons. The third kappa shape index (κ3) is 5.48. The number of methoxy groups -OCH3 is 2. The SMILES string of the molecule is COc1ccc(-c2noc(CCC(=O)NCCC(C)C)n2)cc1OC. The molecule has 25 heavy (non-hydrogen) atoms. The normalized spacial score (nSPS) is 10.8. The Morgan fingerprint density at radius 1 is 1.24 bits per heavy atom. The molecule has 1 aromatic heterocycles. The van der Waals surface area contributed by atoms with Crippen molar-refractivity contribution in [3.63, 3.8) is 0 Å². The number of carbonyl (C=O) groups excluding carboxylic acids is 1. The summed E-state index contributed by atoms with van der Waals surface area (Å²) in [5.41, 5.74) is 0.758. The first-order valence-corrected chi connectivity index (χ1v) is 8.35. The Hall–Kier alpha value is -2.57. The van der Waals surface area contributed by atoms with E-state index in [4.69, 9.17) is 14.0 Å². The van der Waals surface area contributed by atoms with E-state index in [1.165, 1.54) is 0 Å². The van der Waals surface area contributed by atoms with E-state index in [-0.39, 0.29) is 5.91 Å². The second-order valence-electron chi connectivity index (χ2n) is 6.11. The molecule has 0 radical (unpaired) electrons. The number of ether oxygens (including phenoxy) is 2.